The summed E-state index contributed by atoms with van der Waals surface area (Å²) < 4.78 is 0. The fraction of sp³-hybridized carbons (Fsp3) is 0.400. The third-order valence-corrected chi connectivity index (χ3v) is 2.05. The molecule has 0 aliphatic heterocycles. The highest BCUT2D eigenvalue weighted by atomic mass is 35.5. The molecule has 0 bridgehead atoms. The molecule has 0 spiro atoms. The summed E-state index contributed by atoms with van der Waals surface area (Å²) in [6.07, 6.45) is 1.13. The first-order valence-corrected chi connectivity index (χ1v) is 4.13. The molecule has 1 rings (SSSR count). The second-order valence-corrected chi connectivity index (χ2v) is 2.75. The molecule has 0 heterocycles. The summed E-state index contributed by atoms with van der Waals surface area (Å²) in [4.78, 5) is 0. The molecule has 0 amide bonds. The van der Waals surface area contributed by atoms with Crippen LogP contribution in [0.4, 0.5) is 0 Å². The molecular formula is C10H16ClN. The van der Waals surface area contributed by atoms with Gasteiger partial charge in [-0.2, -0.15) is 0 Å². The molecule has 68 valence electrons. The highest BCUT2D eigenvalue weighted by Gasteiger charge is 2.04. The monoisotopic (exact) mass is 185 g/mol. The normalized spacial score (nSPS) is 11.8. The Balaban J connectivity index is 0.00000121. The van der Waals surface area contributed by atoms with Crippen molar-refractivity contribution in [1.82, 2.24) is 0 Å². The minimum Gasteiger partial charge on any atom is -0.330 e. The third-order valence-electron chi connectivity index (χ3n) is 2.05. The summed E-state index contributed by atoms with van der Waals surface area (Å²) in [5.41, 5.74) is 6.97. The van der Waals surface area contributed by atoms with Crippen LogP contribution in [0.25, 0.3) is 0 Å². The Morgan fingerprint density at radius 1 is 1.25 bits per heavy atom. The molecule has 1 nitrogen and oxygen atoms in total. The summed E-state index contributed by atoms with van der Waals surface area (Å²) in [6, 6.07) is 10.4. The Labute approximate surface area is 80.4 Å². The Morgan fingerprint density at radius 3 is 2.25 bits per heavy atom. The second kappa shape index (κ2) is 6.04. The van der Waals surface area contributed by atoms with E-state index in [1.165, 1.54) is 5.56 Å². The van der Waals surface area contributed by atoms with E-state index in [0.29, 0.717) is 5.92 Å². The van der Waals surface area contributed by atoms with E-state index in [1.807, 2.05) is 6.07 Å². The van der Waals surface area contributed by atoms with Gasteiger partial charge in [-0.3, -0.25) is 0 Å². The number of hydrogen-bond acceptors (Lipinski definition) is 1. The number of rotatable bonds is 3. The van der Waals surface area contributed by atoms with Crippen molar-refractivity contribution in [2.75, 3.05) is 6.54 Å². The number of benzene rings is 1. The lowest BCUT2D eigenvalue weighted by Gasteiger charge is -2.11. The van der Waals surface area contributed by atoms with Gasteiger partial charge in [-0.25, -0.2) is 0 Å². The lowest BCUT2D eigenvalue weighted by Crippen LogP contribution is -2.11. The zero-order chi connectivity index (χ0) is 8.10. The quantitative estimate of drug-likeness (QED) is 0.770. The molecule has 0 aliphatic rings. The lowest BCUT2D eigenvalue weighted by molar-refractivity contribution is 0.674. The van der Waals surface area contributed by atoms with E-state index in [4.69, 9.17) is 5.73 Å². The van der Waals surface area contributed by atoms with Crippen LogP contribution in [0.15, 0.2) is 30.3 Å². The van der Waals surface area contributed by atoms with E-state index in [0.717, 1.165) is 13.0 Å². The van der Waals surface area contributed by atoms with E-state index < -0.39 is 0 Å². The van der Waals surface area contributed by atoms with Gasteiger partial charge >= 0.3 is 0 Å². The van der Waals surface area contributed by atoms with Crippen molar-refractivity contribution in [3.8, 4) is 0 Å². The maximum absolute atomic E-state index is 5.62. The van der Waals surface area contributed by atoms with Gasteiger partial charge in [-0.05, 0) is 24.4 Å². The average molecular weight is 186 g/mol. The molecular weight excluding hydrogens is 170 g/mol. The second-order valence-electron chi connectivity index (χ2n) is 2.75. The van der Waals surface area contributed by atoms with E-state index in [9.17, 15) is 0 Å². The SMILES string of the molecule is CCC(CN)c1ccccc1.Cl. The van der Waals surface area contributed by atoms with Gasteiger partial charge in [0.25, 0.3) is 0 Å². The molecule has 12 heavy (non-hydrogen) atoms. The Kier molecular flexibility index (Phi) is 5.77. The standard InChI is InChI=1S/C10H15N.ClH/c1-2-9(8-11)10-6-4-3-5-7-10;/h3-7,9H,2,8,11H2,1H3;1H. The first kappa shape index (κ1) is 11.5. The van der Waals surface area contributed by atoms with Crippen LogP contribution < -0.4 is 5.73 Å². The van der Waals surface area contributed by atoms with E-state index in [1.54, 1.807) is 0 Å². The van der Waals surface area contributed by atoms with Crippen molar-refractivity contribution in [3.05, 3.63) is 35.9 Å². The molecule has 0 radical (unpaired) electrons. The van der Waals surface area contributed by atoms with Gasteiger partial charge in [-0.15, -0.1) is 12.4 Å². The maximum Gasteiger partial charge on any atom is -0.000834 e. The Hall–Kier alpha value is -0.530. The summed E-state index contributed by atoms with van der Waals surface area (Å²) in [5, 5.41) is 0. The van der Waals surface area contributed by atoms with Crippen molar-refractivity contribution in [1.29, 1.82) is 0 Å². The van der Waals surface area contributed by atoms with Crippen LogP contribution in [0, 0.1) is 0 Å². The molecule has 0 saturated carbocycles. The van der Waals surface area contributed by atoms with Crippen LogP contribution in [-0.2, 0) is 0 Å². The highest BCUT2D eigenvalue weighted by Crippen LogP contribution is 2.16. The molecule has 2 N–H and O–H groups in total. The van der Waals surface area contributed by atoms with Crippen LogP contribution in [0.5, 0.6) is 0 Å². The first-order chi connectivity index (χ1) is 5.38. The third kappa shape index (κ3) is 2.84. The minimum absolute atomic E-state index is 0. The van der Waals surface area contributed by atoms with Crippen molar-refractivity contribution < 1.29 is 0 Å². The number of hydrogen-bond donors (Lipinski definition) is 1. The van der Waals surface area contributed by atoms with Crippen LogP contribution in [0.3, 0.4) is 0 Å². The molecule has 1 aromatic carbocycles. The van der Waals surface area contributed by atoms with E-state index in [-0.39, 0.29) is 12.4 Å². The van der Waals surface area contributed by atoms with Gasteiger partial charge in [-0.1, -0.05) is 37.3 Å². The smallest absolute Gasteiger partial charge is 0.000834 e. The molecule has 0 fully saturated rings. The van der Waals surface area contributed by atoms with Crippen molar-refractivity contribution in [2.45, 2.75) is 19.3 Å². The van der Waals surface area contributed by atoms with Crippen molar-refractivity contribution in [3.63, 3.8) is 0 Å². The number of halogens is 1. The van der Waals surface area contributed by atoms with Gasteiger partial charge in [0.05, 0.1) is 0 Å². The molecule has 0 aliphatic carbocycles. The van der Waals surface area contributed by atoms with Crippen LogP contribution in [0.2, 0.25) is 0 Å². The van der Waals surface area contributed by atoms with Gasteiger partial charge in [0.15, 0.2) is 0 Å². The predicted molar refractivity (Wildman–Crippen MR) is 55.8 cm³/mol. The zero-order valence-corrected chi connectivity index (χ0v) is 8.18. The zero-order valence-electron chi connectivity index (χ0n) is 7.36. The Morgan fingerprint density at radius 2 is 1.83 bits per heavy atom. The predicted octanol–water partition coefficient (Wildman–Crippen LogP) is 2.56. The average Bonchev–Trinajstić information content (AvgIpc) is 2.09. The molecule has 0 aromatic heterocycles. The summed E-state index contributed by atoms with van der Waals surface area (Å²) >= 11 is 0. The summed E-state index contributed by atoms with van der Waals surface area (Å²) in [7, 11) is 0. The van der Waals surface area contributed by atoms with Crippen LogP contribution in [-0.4, -0.2) is 6.54 Å². The fourth-order valence-electron chi connectivity index (χ4n) is 1.26. The van der Waals surface area contributed by atoms with Gasteiger partial charge in [0, 0.05) is 0 Å². The summed E-state index contributed by atoms with van der Waals surface area (Å²) in [5.74, 6) is 0.538. The minimum atomic E-state index is 0. The van der Waals surface area contributed by atoms with Crippen molar-refractivity contribution >= 4 is 12.4 Å². The van der Waals surface area contributed by atoms with Crippen LogP contribution >= 0.6 is 12.4 Å². The lowest BCUT2D eigenvalue weighted by atomic mass is 9.97. The van der Waals surface area contributed by atoms with E-state index >= 15 is 0 Å². The largest absolute Gasteiger partial charge is 0.330 e. The van der Waals surface area contributed by atoms with Gasteiger partial charge < -0.3 is 5.73 Å². The molecule has 1 aromatic rings. The molecule has 2 heteroatoms. The topological polar surface area (TPSA) is 26.0 Å². The maximum atomic E-state index is 5.62. The highest BCUT2D eigenvalue weighted by molar-refractivity contribution is 5.85. The molecule has 1 atom stereocenters. The molecule has 1 unspecified atom stereocenters. The van der Waals surface area contributed by atoms with Gasteiger partial charge in [0.1, 0.15) is 0 Å². The first-order valence-electron chi connectivity index (χ1n) is 4.13. The molecule has 0 saturated heterocycles. The van der Waals surface area contributed by atoms with E-state index in [2.05, 4.69) is 31.2 Å². The summed E-state index contributed by atoms with van der Waals surface area (Å²) in [6.45, 7) is 2.92. The van der Waals surface area contributed by atoms with Crippen molar-refractivity contribution in [2.24, 2.45) is 5.73 Å². The van der Waals surface area contributed by atoms with Gasteiger partial charge in [0.2, 0.25) is 0 Å². The van der Waals surface area contributed by atoms with Crippen LogP contribution in [0.1, 0.15) is 24.8 Å². The Bertz CT molecular complexity index is 194. The fourth-order valence-corrected chi connectivity index (χ4v) is 1.26. The number of nitrogens with two attached hydrogens (primary N) is 1.